The molecule has 0 saturated heterocycles. The molecule has 1 rings (SSSR count). The molecule has 0 aromatic heterocycles. The average Bonchev–Trinajstić information content (AvgIpc) is 2.45. The van der Waals surface area contributed by atoms with Crippen molar-refractivity contribution in [2.24, 2.45) is 11.1 Å². The Morgan fingerprint density at radius 1 is 1.27 bits per heavy atom. The Morgan fingerprint density at radius 2 is 1.95 bits per heavy atom. The largest absolute Gasteiger partial charge is 0.376 e. The summed E-state index contributed by atoms with van der Waals surface area (Å²) in [7, 11) is -3.55. The van der Waals surface area contributed by atoms with Gasteiger partial charge in [-0.1, -0.05) is 37.3 Å². The molecule has 124 valence electrons. The molecule has 2 amide bonds. The first kappa shape index (κ1) is 18.4. The van der Waals surface area contributed by atoms with Crippen LogP contribution < -0.4 is 15.8 Å². The minimum absolute atomic E-state index is 0.0104. The highest BCUT2D eigenvalue weighted by Gasteiger charge is 2.07. The van der Waals surface area contributed by atoms with E-state index in [1.165, 1.54) is 0 Å². The van der Waals surface area contributed by atoms with Gasteiger partial charge >= 0.3 is 6.03 Å². The maximum atomic E-state index is 11.4. The molecule has 1 unspecified atom stereocenters. The Bertz CT molecular complexity index is 548. The molecule has 7 nitrogen and oxygen atoms in total. The summed E-state index contributed by atoms with van der Waals surface area (Å²) in [4.78, 5) is 11.4. The number of benzene rings is 1. The average molecular weight is 329 g/mol. The van der Waals surface area contributed by atoms with E-state index in [0.717, 1.165) is 5.56 Å². The third-order valence-electron chi connectivity index (χ3n) is 2.80. The van der Waals surface area contributed by atoms with Crippen LogP contribution in [0.25, 0.3) is 0 Å². The molecule has 0 spiro atoms. The van der Waals surface area contributed by atoms with E-state index in [2.05, 4.69) is 10.6 Å². The smallest absolute Gasteiger partial charge is 0.314 e. The highest BCUT2D eigenvalue weighted by molar-refractivity contribution is 7.89. The first-order valence-electron chi connectivity index (χ1n) is 7.00. The number of carbonyl (C=O) groups is 1. The van der Waals surface area contributed by atoms with Gasteiger partial charge in [0.05, 0.1) is 19.0 Å². The molecule has 0 heterocycles. The van der Waals surface area contributed by atoms with E-state index in [-0.39, 0.29) is 18.2 Å². The summed E-state index contributed by atoms with van der Waals surface area (Å²) in [6, 6.07) is 9.41. The van der Waals surface area contributed by atoms with Crippen molar-refractivity contribution < 1.29 is 17.9 Å². The second kappa shape index (κ2) is 9.39. The zero-order valence-corrected chi connectivity index (χ0v) is 13.4. The predicted molar refractivity (Wildman–Crippen MR) is 84.6 cm³/mol. The summed E-state index contributed by atoms with van der Waals surface area (Å²) in [5.41, 5.74) is 1.10. The number of nitrogens with one attached hydrogen (secondary N) is 2. The van der Waals surface area contributed by atoms with E-state index in [9.17, 15) is 13.2 Å². The van der Waals surface area contributed by atoms with Gasteiger partial charge in [0.2, 0.25) is 10.0 Å². The number of sulfonamides is 1. The molecule has 1 aromatic rings. The van der Waals surface area contributed by atoms with Crippen molar-refractivity contribution in [3.8, 4) is 0 Å². The summed E-state index contributed by atoms with van der Waals surface area (Å²) < 4.78 is 27.0. The van der Waals surface area contributed by atoms with Crippen LogP contribution in [0, 0.1) is 5.92 Å². The van der Waals surface area contributed by atoms with Crippen molar-refractivity contribution in [3.63, 3.8) is 0 Å². The van der Waals surface area contributed by atoms with Gasteiger partial charge in [-0.2, -0.15) is 0 Å². The molecular weight excluding hydrogens is 306 g/mol. The zero-order valence-electron chi connectivity index (χ0n) is 12.6. The molecule has 1 atom stereocenters. The Kier molecular flexibility index (Phi) is 7.86. The molecule has 0 radical (unpaired) electrons. The second-order valence-electron chi connectivity index (χ2n) is 5.11. The van der Waals surface area contributed by atoms with Crippen LogP contribution in [0.5, 0.6) is 0 Å². The molecule has 0 saturated carbocycles. The molecule has 0 aliphatic carbocycles. The van der Waals surface area contributed by atoms with Crippen LogP contribution in [0.1, 0.15) is 12.5 Å². The topological polar surface area (TPSA) is 111 Å². The Hall–Kier alpha value is -1.64. The van der Waals surface area contributed by atoms with Crippen molar-refractivity contribution >= 4 is 16.1 Å². The number of hydrogen-bond acceptors (Lipinski definition) is 4. The van der Waals surface area contributed by atoms with Gasteiger partial charge in [-0.15, -0.1) is 0 Å². The number of urea groups is 1. The summed E-state index contributed by atoms with van der Waals surface area (Å²) in [6.45, 7) is 3.44. The number of nitrogens with two attached hydrogens (primary N) is 1. The van der Waals surface area contributed by atoms with Crippen molar-refractivity contribution in [2.45, 2.75) is 13.5 Å². The first-order valence-corrected chi connectivity index (χ1v) is 8.72. The predicted octanol–water partition coefficient (Wildman–Crippen LogP) is 0.427. The lowest BCUT2D eigenvalue weighted by Gasteiger charge is -2.13. The van der Waals surface area contributed by atoms with Gasteiger partial charge in [0.1, 0.15) is 0 Å². The summed E-state index contributed by atoms with van der Waals surface area (Å²) in [5.74, 6) is -0.136. The van der Waals surface area contributed by atoms with Gasteiger partial charge in [0, 0.05) is 13.1 Å². The van der Waals surface area contributed by atoms with E-state index >= 15 is 0 Å². The Balaban J connectivity index is 2.09. The Labute approximate surface area is 131 Å². The molecule has 4 N–H and O–H groups in total. The lowest BCUT2D eigenvalue weighted by Crippen LogP contribution is -2.41. The molecule has 0 bridgehead atoms. The van der Waals surface area contributed by atoms with Crippen molar-refractivity contribution in [2.75, 3.05) is 25.4 Å². The van der Waals surface area contributed by atoms with Crippen molar-refractivity contribution in [3.05, 3.63) is 35.9 Å². The number of carbonyl (C=O) groups excluding carboxylic acids is 1. The lowest BCUT2D eigenvalue weighted by molar-refractivity contribution is 0.0924. The van der Waals surface area contributed by atoms with Crippen LogP contribution in [-0.2, 0) is 21.4 Å². The van der Waals surface area contributed by atoms with Crippen molar-refractivity contribution in [1.29, 1.82) is 0 Å². The van der Waals surface area contributed by atoms with Gasteiger partial charge in [-0.25, -0.2) is 18.4 Å². The zero-order chi connectivity index (χ0) is 16.4. The monoisotopic (exact) mass is 329 g/mol. The quantitative estimate of drug-likeness (QED) is 0.610. The molecule has 0 fully saturated rings. The highest BCUT2D eigenvalue weighted by atomic mass is 32.2. The fraction of sp³-hybridized carbons (Fsp3) is 0.500. The van der Waals surface area contributed by atoms with Crippen LogP contribution >= 0.6 is 0 Å². The lowest BCUT2D eigenvalue weighted by atomic mass is 10.2. The molecule has 1 aromatic carbocycles. The van der Waals surface area contributed by atoms with E-state index in [4.69, 9.17) is 9.88 Å². The molecule has 8 heteroatoms. The number of hydrogen-bond donors (Lipinski definition) is 3. The van der Waals surface area contributed by atoms with Gasteiger partial charge in [-0.3, -0.25) is 0 Å². The highest BCUT2D eigenvalue weighted by Crippen LogP contribution is 2.02. The summed E-state index contributed by atoms with van der Waals surface area (Å²) >= 11 is 0. The van der Waals surface area contributed by atoms with E-state index in [1.807, 2.05) is 37.3 Å². The number of ether oxygens (including phenoxy) is 1. The van der Waals surface area contributed by atoms with E-state index < -0.39 is 16.1 Å². The molecule has 0 aliphatic rings. The normalized spacial score (nSPS) is 12.6. The number of rotatable bonds is 9. The standard InChI is InChI=1S/C14H23N3O4S/c1-12(10-21-11-13-5-3-2-4-6-13)9-17-14(18)16-7-8-22(15,19)20/h2-6,12H,7-11H2,1H3,(H2,15,19,20)(H2,16,17,18). The summed E-state index contributed by atoms with van der Waals surface area (Å²) in [5, 5.41) is 9.91. The van der Waals surface area contributed by atoms with Crippen LogP contribution in [0.4, 0.5) is 4.79 Å². The van der Waals surface area contributed by atoms with Crippen LogP contribution in [0.3, 0.4) is 0 Å². The van der Waals surface area contributed by atoms with Crippen LogP contribution in [-0.4, -0.2) is 39.9 Å². The maximum absolute atomic E-state index is 11.4. The minimum Gasteiger partial charge on any atom is -0.376 e. The van der Waals surface area contributed by atoms with Gasteiger partial charge in [0.25, 0.3) is 0 Å². The van der Waals surface area contributed by atoms with Gasteiger partial charge in [-0.05, 0) is 11.5 Å². The SMILES string of the molecule is CC(CNC(=O)NCCS(N)(=O)=O)COCc1ccccc1. The second-order valence-corrected chi connectivity index (χ2v) is 6.84. The maximum Gasteiger partial charge on any atom is 0.314 e. The minimum atomic E-state index is -3.55. The van der Waals surface area contributed by atoms with Crippen molar-refractivity contribution in [1.82, 2.24) is 10.6 Å². The third kappa shape index (κ3) is 9.32. The number of primary sulfonamides is 1. The third-order valence-corrected chi connectivity index (χ3v) is 3.57. The summed E-state index contributed by atoms with van der Waals surface area (Å²) in [6.07, 6.45) is 0. The van der Waals surface area contributed by atoms with Gasteiger partial charge < -0.3 is 15.4 Å². The van der Waals surface area contributed by atoms with E-state index in [1.54, 1.807) is 0 Å². The fourth-order valence-electron chi connectivity index (χ4n) is 1.65. The Morgan fingerprint density at radius 3 is 2.59 bits per heavy atom. The molecule has 22 heavy (non-hydrogen) atoms. The van der Waals surface area contributed by atoms with Crippen LogP contribution in [0.15, 0.2) is 30.3 Å². The molecular formula is C14H23N3O4S. The van der Waals surface area contributed by atoms with Gasteiger partial charge in [0.15, 0.2) is 0 Å². The first-order chi connectivity index (χ1) is 10.4. The van der Waals surface area contributed by atoms with E-state index in [0.29, 0.717) is 19.8 Å². The van der Waals surface area contributed by atoms with Crippen LogP contribution in [0.2, 0.25) is 0 Å². The molecule has 0 aliphatic heterocycles. The fourth-order valence-corrected chi connectivity index (χ4v) is 2.03. The number of amides is 2.